The number of nitrogens with zero attached hydrogens (tertiary/aromatic N) is 1. The summed E-state index contributed by atoms with van der Waals surface area (Å²) in [7, 11) is 0. The van der Waals surface area contributed by atoms with Gasteiger partial charge in [-0.1, -0.05) is 0 Å². The summed E-state index contributed by atoms with van der Waals surface area (Å²) in [6.07, 6.45) is 0. The summed E-state index contributed by atoms with van der Waals surface area (Å²) in [5, 5.41) is 9.19. The molecular formula is C18H19NO6S. The maximum absolute atomic E-state index is 12.5. The normalized spacial score (nSPS) is 10.5. The molecule has 8 heteroatoms. The molecular weight excluding hydrogens is 358 g/mol. The topological polar surface area (TPSA) is 103 Å². The van der Waals surface area contributed by atoms with Crippen LogP contribution in [0.25, 0.3) is 10.4 Å². The summed E-state index contributed by atoms with van der Waals surface area (Å²) in [6, 6.07) is 2.99. The van der Waals surface area contributed by atoms with Crippen molar-refractivity contribution in [3.8, 4) is 10.4 Å². The Balaban J connectivity index is 2.82. The monoisotopic (exact) mass is 377 g/mol. The van der Waals surface area contributed by atoms with Gasteiger partial charge in [0.1, 0.15) is 4.88 Å². The first-order chi connectivity index (χ1) is 12.3. The molecule has 0 bridgehead atoms. The molecule has 0 aromatic carbocycles. The van der Waals surface area contributed by atoms with Crippen molar-refractivity contribution < 1.29 is 29.0 Å². The Morgan fingerprint density at radius 3 is 1.88 bits per heavy atom. The number of carboxylic acid groups (broad SMARTS) is 1. The Morgan fingerprint density at radius 2 is 1.50 bits per heavy atom. The fourth-order valence-corrected chi connectivity index (χ4v) is 3.49. The first-order valence-electron chi connectivity index (χ1n) is 8.00. The lowest BCUT2D eigenvalue weighted by atomic mass is 9.97. The Hall–Kier alpha value is -2.74. The number of ether oxygens (including phenoxy) is 2. The van der Waals surface area contributed by atoms with Gasteiger partial charge in [0.15, 0.2) is 0 Å². The van der Waals surface area contributed by atoms with Crippen LogP contribution in [0.4, 0.5) is 0 Å². The van der Waals surface area contributed by atoms with Crippen LogP contribution in [0.3, 0.4) is 0 Å². The SMILES string of the molecule is CCOC(=O)c1c(C)nc(C)c(C(=O)OCC)c1-c1ccc(C(=O)O)s1. The van der Waals surface area contributed by atoms with Gasteiger partial charge in [-0.15, -0.1) is 11.3 Å². The minimum Gasteiger partial charge on any atom is -0.477 e. The van der Waals surface area contributed by atoms with Crippen molar-refractivity contribution >= 4 is 29.2 Å². The highest BCUT2D eigenvalue weighted by atomic mass is 32.1. The molecule has 7 nitrogen and oxygen atoms in total. The minimum atomic E-state index is -1.08. The van der Waals surface area contributed by atoms with Crippen molar-refractivity contribution in [2.75, 3.05) is 13.2 Å². The van der Waals surface area contributed by atoms with Crippen molar-refractivity contribution in [1.29, 1.82) is 0 Å². The molecule has 0 atom stereocenters. The van der Waals surface area contributed by atoms with E-state index in [9.17, 15) is 19.5 Å². The summed E-state index contributed by atoms with van der Waals surface area (Å²) in [5.74, 6) is -2.33. The lowest BCUT2D eigenvalue weighted by molar-refractivity contribution is 0.0524. The molecule has 2 aromatic rings. The van der Waals surface area contributed by atoms with E-state index >= 15 is 0 Å². The van der Waals surface area contributed by atoms with E-state index in [0.29, 0.717) is 21.8 Å². The predicted molar refractivity (Wildman–Crippen MR) is 95.9 cm³/mol. The van der Waals surface area contributed by atoms with Crippen LogP contribution < -0.4 is 0 Å². The highest BCUT2D eigenvalue weighted by molar-refractivity contribution is 7.17. The van der Waals surface area contributed by atoms with E-state index in [0.717, 1.165) is 11.3 Å². The number of aryl methyl sites for hydroxylation is 2. The van der Waals surface area contributed by atoms with Crippen LogP contribution in [0.5, 0.6) is 0 Å². The summed E-state index contributed by atoms with van der Waals surface area (Å²) in [4.78, 5) is 41.1. The van der Waals surface area contributed by atoms with Gasteiger partial charge in [-0.2, -0.15) is 0 Å². The summed E-state index contributed by atoms with van der Waals surface area (Å²) in [5.41, 5.74) is 1.37. The van der Waals surface area contributed by atoms with E-state index in [1.807, 2.05) is 0 Å². The molecule has 0 amide bonds. The smallest absolute Gasteiger partial charge is 0.345 e. The Labute approximate surface area is 154 Å². The molecule has 0 radical (unpaired) electrons. The van der Waals surface area contributed by atoms with Crippen molar-refractivity contribution in [3.63, 3.8) is 0 Å². The molecule has 0 spiro atoms. The van der Waals surface area contributed by atoms with Gasteiger partial charge in [0, 0.05) is 10.4 Å². The molecule has 0 saturated heterocycles. The Kier molecular flexibility index (Phi) is 6.10. The molecule has 1 N–H and O–H groups in total. The molecule has 138 valence electrons. The quantitative estimate of drug-likeness (QED) is 0.769. The Morgan fingerprint density at radius 1 is 1.00 bits per heavy atom. The van der Waals surface area contributed by atoms with Gasteiger partial charge in [-0.25, -0.2) is 14.4 Å². The van der Waals surface area contributed by atoms with E-state index in [1.165, 1.54) is 6.07 Å². The standard InChI is InChI=1S/C18H19NO6S/c1-5-24-17(22)13-9(3)19-10(4)14(18(23)25-6-2)15(13)11-7-8-12(26-11)16(20)21/h7-8H,5-6H2,1-4H3,(H,20,21). The zero-order chi connectivity index (χ0) is 19.4. The van der Waals surface area contributed by atoms with E-state index in [2.05, 4.69) is 4.98 Å². The second-order valence-corrected chi connectivity index (χ2v) is 6.40. The van der Waals surface area contributed by atoms with Crippen LogP contribution in [-0.2, 0) is 9.47 Å². The molecule has 0 aliphatic rings. The second-order valence-electron chi connectivity index (χ2n) is 5.32. The Bertz CT molecular complexity index is 829. The van der Waals surface area contributed by atoms with Crippen LogP contribution in [0.1, 0.15) is 55.6 Å². The number of aromatic nitrogens is 1. The van der Waals surface area contributed by atoms with E-state index in [-0.39, 0.29) is 29.2 Å². The van der Waals surface area contributed by atoms with Gasteiger partial charge in [0.25, 0.3) is 0 Å². The largest absolute Gasteiger partial charge is 0.477 e. The number of hydrogen-bond donors (Lipinski definition) is 1. The fraction of sp³-hybridized carbons (Fsp3) is 0.333. The first kappa shape index (κ1) is 19.6. The van der Waals surface area contributed by atoms with Gasteiger partial charge < -0.3 is 14.6 Å². The van der Waals surface area contributed by atoms with Crippen molar-refractivity contribution in [2.45, 2.75) is 27.7 Å². The molecule has 26 heavy (non-hydrogen) atoms. The first-order valence-corrected chi connectivity index (χ1v) is 8.82. The zero-order valence-electron chi connectivity index (χ0n) is 14.9. The lowest BCUT2D eigenvalue weighted by Gasteiger charge is -2.16. The van der Waals surface area contributed by atoms with Gasteiger partial charge >= 0.3 is 17.9 Å². The molecule has 2 rings (SSSR count). The number of hydrogen-bond acceptors (Lipinski definition) is 7. The number of carboxylic acids is 1. The number of esters is 2. The van der Waals surface area contributed by atoms with Crippen LogP contribution in [0, 0.1) is 13.8 Å². The van der Waals surface area contributed by atoms with Crippen molar-refractivity contribution in [1.82, 2.24) is 4.98 Å². The molecule has 0 aliphatic heterocycles. The van der Waals surface area contributed by atoms with Crippen LogP contribution >= 0.6 is 11.3 Å². The lowest BCUT2D eigenvalue weighted by Crippen LogP contribution is -2.17. The number of carbonyl (C=O) groups excluding carboxylic acids is 2. The average molecular weight is 377 g/mol. The van der Waals surface area contributed by atoms with Gasteiger partial charge in [0.05, 0.1) is 35.7 Å². The third-order valence-electron chi connectivity index (χ3n) is 3.58. The summed E-state index contributed by atoms with van der Waals surface area (Å²) in [6.45, 7) is 6.95. The fourth-order valence-electron chi connectivity index (χ4n) is 2.59. The van der Waals surface area contributed by atoms with Crippen molar-refractivity contribution in [2.24, 2.45) is 0 Å². The van der Waals surface area contributed by atoms with Crippen LogP contribution in [0.15, 0.2) is 12.1 Å². The zero-order valence-corrected chi connectivity index (χ0v) is 15.7. The molecule has 0 unspecified atom stereocenters. The maximum Gasteiger partial charge on any atom is 0.345 e. The highest BCUT2D eigenvalue weighted by Gasteiger charge is 2.28. The molecule has 0 aliphatic carbocycles. The second kappa shape index (κ2) is 8.09. The molecule has 2 aromatic heterocycles. The number of carbonyl (C=O) groups is 3. The number of aromatic carboxylic acids is 1. The minimum absolute atomic E-state index is 0.0942. The van der Waals surface area contributed by atoms with E-state index in [1.54, 1.807) is 33.8 Å². The molecule has 0 saturated carbocycles. The third-order valence-corrected chi connectivity index (χ3v) is 4.67. The predicted octanol–water partition coefficient (Wildman–Crippen LogP) is 3.48. The molecule has 2 heterocycles. The van der Waals surface area contributed by atoms with Crippen molar-refractivity contribution in [3.05, 3.63) is 39.5 Å². The van der Waals surface area contributed by atoms with Gasteiger partial charge in [-0.3, -0.25) is 4.98 Å². The number of pyridine rings is 1. The maximum atomic E-state index is 12.5. The average Bonchev–Trinajstić information content (AvgIpc) is 3.04. The summed E-state index contributed by atoms with van der Waals surface area (Å²) >= 11 is 0.968. The highest BCUT2D eigenvalue weighted by Crippen LogP contribution is 2.36. The van der Waals surface area contributed by atoms with Crippen LogP contribution in [0.2, 0.25) is 0 Å². The van der Waals surface area contributed by atoms with E-state index < -0.39 is 17.9 Å². The number of thiophene rings is 1. The summed E-state index contributed by atoms with van der Waals surface area (Å²) < 4.78 is 10.2. The third kappa shape index (κ3) is 3.75. The van der Waals surface area contributed by atoms with Gasteiger partial charge in [-0.05, 0) is 39.8 Å². The molecule has 0 fully saturated rings. The number of rotatable bonds is 6. The van der Waals surface area contributed by atoms with Gasteiger partial charge in [0.2, 0.25) is 0 Å². The van der Waals surface area contributed by atoms with E-state index in [4.69, 9.17) is 9.47 Å². The van der Waals surface area contributed by atoms with Crippen LogP contribution in [-0.4, -0.2) is 41.2 Å².